The minimum Gasteiger partial charge on any atom is -0.496 e. The first kappa shape index (κ1) is 15.6. The molecule has 0 fully saturated rings. The van der Waals surface area contributed by atoms with E-state index in [0.717, 1.165) is 10.0 Å². The maximum atomic E-state index is 10.6. The van der Waals surface area contributed by atoms with E-state index in [4.69, 9.17) is 19.3 Å². The largest absolute Gasteiger partial charge is 0.496 e. The summed E-state index contributed by atoms with van der Waals surface area (Å²) in [7, 11) is 4.67. The van der Waals surface area contributed by atoms with Gasteiger partial charge in [-0.15, -0.1) is 0 Å². The Hall–Kier alpha value is -1.43. The summed E-state index contributed by atoms with van der Waals surface area (Å²) in [6, 6.07) is 1.74. The summed E-state index contributed by atoms with van der Waals surface area (Å²) in [6.45, 7) is 0. The average molecular weight is 333 g/mol. The van der Waals surface area contributed by atoms with Crippen molar-refractivity contribution in [2.75, 3.05) is 21.3 Å². The molecule has 0 heterocycles. The van der Waals surface area contributed by atoms with E-state index in [9.17, 15) is 4.79 Å². The third-order valence-electron chi connectivity index (χ3n) is 2.71. The van der Waals surface area contributed by atoms with E-state index < -0.39 is 5.97 Å². The molecule has 0 aliphatic rings. The fraction of sp³-hybridized carbons (Fsp3) is 0.462. The zero-order valence-corrected chi connectivity index (χ0v) is 12.7. The van der Waals surface area contributed by atoms with Crippen molar-refractivity contribution in [1.29, 1.82) is 0 Å². The van der Waals surface area contributed by atoms with Gasteiger partial charge in [-0.2, -0.15) is 0 Å². The van der Waals surface area contributed by atoms with Crippen molar-refractivity contribution in [3.05, 3.63) is 16.1 Å². The van der Waals surface area contributed by atoms with E-state index >= 15 is 0 Å². The molecule has 1 aromatic carbocycles. The molecule has 0 amide bonds. The Bertz CT molecular complexity index is 459. The van der Waals surface area contributed by atoms with E-state index in [-0.39, 0.29) is 6.42 Å². The Morgan fingerprint density at radius 2 is 1.84 bits per heavy atom. The number of carbonyl (C=O) groups is 1. The zero-order chi connectivity index (χ0) is 14.4. The molecule has 1 N–H and O–H groups in total. The van der Waals surface area contributed by atoms with E-state index in [0.29, 0.717) is 30.1 Å². The van der Waals surface area contributed by atoms with Crippen molar-refractivity contribution in [3.8, 4) is 17.2 Å². The molecule has 106 valence electrons. The van der Waals surface area contributed by atoms with Crippen LogP contribution in [0.4, 0.5) is 0 Å². The van der Waals surface area contributed by atoms with Gasteiger partial charge in [-0.1, -0.05) is 0 Å². The van der Waals surface area contributed by atoms with E-state index in [1.54, 1.807) is 27.4 Å². The quantitative estimate of drug-likeness (QED) is 0.831. The normalized spacial score (nSPS) is 10.1. The zero-order valence-electron chi connectivity index (χ0n) is 11.2. The predicted molar refractivity (Wildman–Crippen MR) is 74.4 cm³/mol. The molecule has 5 nitrogen and oxygen atoms in total. The van der Waals surface area contributed by atoms with Gasteiger partial charge in [0.15, 0.2) is 11.5 Å². The Labute approximate surface area is 120 Å². The molecule has 1 rings (SSSR count). The Morgan fingerprint density at radius 1 is 1.21 bits per heavy atom. The van der Waals surface area contributed by atoms with E-state index in [1.807, 2.05) is 0 Å². The van der Waals surface area contributed by atoms with Gasteiger partial charge >= 0.3 is 5.97 Å². The molecule has 0 saturated heterocycles. The summed E-state index contributed by atoms with van der Waals surface area (Å²) in [6.07, 6.45) is 1.22. The van der Waals surface area contributed by atoms with Crippen molar-refractivity contribution < 1.29 is 24.1 Å². The summed E-state index contributed by atoms with van der Waals surface area (Å²) in [5.74, 6) is 0.979. The first-order valence-electron chi connectivity index (χ1n) is 5.74. The van der Waals surface area contributed by atoms with Crippen LogP contribution in [0.15, 0.2) is 10.5 Å². The van der Waals surface area contributed by atoms with E-state index in [1.165, 1.54) is 0 Å². The van der Waals surface area contributed by atoms with Gasteiger partial charge in [-0.3, -0.25) is 4.79 Å². The number of methoxy groups -OCH3 is 3. The van der Waals surface area contributed by atoms with Crippen LogP contribution in [0.2, 0.25) is 0 Å². The second-order valence-electron chi connectivity index (χ2n) is 3.85. The SMILES string of the molecule is COc1cc(OC)c(OC)c(Br)c1CCCC(=O)O. The van der Waals surface area contributed by atoms with Gasteiger partial charge in [0.25, 0.3) is 0 Å². The molecule has 0 radical (unpaired) electrons. The number of hydrogen-bond acceptors (Lipinski definition) is 4. The number of aliphatic carboxylic acids is 1. The second-order valence-corrected chi connectivity index (χ2v) is 4.65. The molecule has 1 aromatic rings. The number of rotatable bonds is 7. The molecule has 0 unspecified atom stereocenters. The Morgan fingerprint density at radius 3 is 2.32 bits per heavy atom. The maximum absolute atomic E-state index is 10.6. The van der Waals surface area contributed by atoms with Crippen molar-refractivity contribution in [3.63, 3.8) is 0 Å². The van der Waals surface area contributed by atoms with Crippen LogP contribution in [-0.2, 0) is 11.2 Å². The summed E-state index contributed by atoms with van der Waals surface area (Å²) in [4.78, 5) is 10.6. The average Bonchev–Trinajstić information content (AvgIpc) is 2.39. The number of halogens is 1. The predicted octanol–water partition coefficient (Wildman–Crippen LogP) is 2.88. The van der Waals surface area contributed by atoms with Gasteiger partial charge in [0.1, 0.15) is 5.75 Å². The highest BCUT2D eigenvalue weighted by Gasteiger charge is 2.18. The monoisotopic (exact) mass is 332 g/mol. The lowest BCUT2D eigenvalue weighted by molar-refractivity contribution is -0.137. The molecule has 0 bridgehead atoms. The van der Waals surface area contributed by atoms with Crippen molar-refractivity contribution in [1.82, 2.24) is 0 Å². The van der Waals surface area contributed by atoms with Crippen LogP contribution in [0.5, 0.6) is 17.2 Å². The summed E-state index contributed by atoms with van der Waals surface area (Å²) >= 11 is 3.46. The van der Waals surface area contributed by atoms with Crippen LogP contribution < -0.4 is 14.2 Å². The first-order valence-corrected chi connectivity index (χ1v) is 6.53. The number of carboxylic acids is 1. The standard InChI is InChI=1S/C13H17BrO5/c1-17-9-7-10(18-2)13(19-3)12(14)8(9)5-4-6-11(15)16/h7H,4-6H2,1-3H3,(H,15,16). The minimum absolute atomic E-state index is 0.115. The minimum atomic E-state index is -0.810. The van der Waals surface area contributed by atoms with Gasteiger partial charge < -0.3 is 19.3 Å². The highest BCUT2D eigenvalue weighted by Crippen LogP contribution is 2.43. The number of benzene rings is 1. The summed E-state index contributed by atoms with van der Waals surface area (Å²) in [5, 5.41) is 8.68. The van der Waals surface area contributed by atoms with Gasteiger partial charge in [0, 0.05) is 18.1 Å². The molecule has 0 aliphatic carbocycles. The lowest BCUT2D eigenvalue weighted by atomic mass is 10.1. The molecule has 0 spiro atoms. The van der Waals surface area contributed by atoms with Crippen LogP contribution in [0.1, 0.15) is 18.4 Å². The molecule has 0 saturated carbocycles. The maximum Gasteiger partial charge on any atom is 0.303 e. The highest BCUT2D eigenvalue weighted by molar-refractivity contribution is 9.10. The van der Waals surface area contributed by atoms with Crippen LogP contribution in [0.3, 0.4) is 0 Å². The van der Waals surface area contributed by atoms with Gasteiger partial charge in [-0.25, -0.2) is 0 Å². The van der Waals surface area contributed by atoms with Crippen LogP contribution >= 0.6 is 15.9 Å². The van der Waals surface area contributed by atoms with Crippen molar-refractivity contribution in [2.45, 2.75) is 19.3 Å². The summed E-state index contributed by atoms with van der Waals surface area (Å²) in [5.41, 5.74) is 0.876. The number of hydrogen-bond donors (Lipinski definition) is 1. The lowest BCUT2D eigenvalue weighted by Gasteiger charge is -2.16. The molecule has 6 heteroatoms. The van der Waals surface area contributed by atoms with E-state index in [2.05, 4.69) is 15.9 Å². The van der Waals surface area contributed by atoms with Gasteiger partial charge in [0.2, 0.25) is 0 Å². The first-order chi connectivity index (χ1) is 9.04. The molecule has 19 heavy (non-hydrogen) atoms. The van der Waals surface area contributed by atoms with Gasteiger partial charge in [0.05, 0.1) is 25.8 Å². The fourth-order valence-corrected chi connectivity index (χ4v) is 2.55. The molecule has 0 atom stereocenters. The number of carboxylic acid groups (broad SMARTS) is 1. The van der Waals surface area contributed by atoms with Crippen molar-refractivity contribution in [2.24, 2.45) is 0 Å². The van der Waals surface area contributed by atoms with Crippen molar-refractivity contribution >= 4 is 21.9 Å². The van der Waals surface area contributed by atoms with Crippen LogP contribution in [0.25, 0.3) is 0 Å². The molecular weight excluding hydrogens is 316 g/mol. The molecular formula is C13H17BrO5. The van der Waals surface area contributed by atoms with Crippen LogP contribution in [0, 0.1) is 0 Å². The third kappa shape index (κ3) is 3.76. The fourth-order valence-electron chi connectivity index (χ4n) is 1.80. The Balaban J connectivity index is 3.10. The molecule has 0 aromatic heterocycles. The van der Waals surface area contributed by atoms with Crippen LogP contribution in [-0.4, -0.2) is 32.4 Å². The lowest BCUT2D eigenvalue weighted by Crippen LogP contribution is -2.01. The highest BCUT2D eigenvalue weighted by atomic mass is 79.9. The number of ether oxygens (including phenoxy) is 3. The Kier molecular flexibility index (Phi) is 5.95. The summed E-state index contributed by atoms with van der Waals surface area (Å²) < 4.78 is 16.6. The molecule has 0 aliphatic heterocycles. The van der Waals surface area contributed by atoms with Gasteiger partial charge in [-0.05, 0) is 28.8 Å². The third-order valence-corrected chi connectivity index (χ3v) is 3.55. The smallest absolute Gasteiger partial charge is 0.303 e. The second kappa shape index (κ2) is 7.23. The topological polar surface area (TPSA) is 65.0 Å².